The Morgan fingerprint density at radius 1 is 1.22 bits per heavy atom. The lowest BCUT2D eigenvalue weighted by atomic mass is 9.85. The third-order valence-electron chi connectivity index (χ3n) is 6.16. The van der Waals surface area contributed by atoms with Gasteiger partial charge < -0.3 is 19.7 Å². The number of likely N-dealkylation sites (tertiary alicyclic amines) is 1. The second-order valence-corrected chi connectivity index (χ2v) is 7.94. The lowest BCUT2D eigenvalue weighted by Crippen LogP contribution is -2.37. The third kappa shape index (κ3) is 4.52. The van der Waals surface area contributed by atoms with Crippen molar-refractivity contribution in [2.75, 3.05) is 32.8 Å². The molecule has 5 nitrogen and oxygen atoms in total. The van der Waals surface area contributed by atoms with Crippen LogP contribution in [0, 0.1) is 11.8 Å². The molecule has 0 bridgehead atoms. The maximum Gasteiger partial charge on any atom is 0.223 e. The van der Waals surface area contributed by atoms with Crippen molar-refractivity contribution in [3.05, 3.63) is 23.8 Å². The Kier molecular flexibility index (Phi) is 6.88. The van der Waals surface area contributed by atoms with E-state index in [1.165, 1.54) is 18.4 Å². The maximum atomic E-state index is 13.0. The number of carbonyl (C=O) groups is 1. The van der Waals surface area contributed by atoms with Crippen LogP contribution in [0.3, 0.4) is 0 Å². The molecule has 0 saturated carbocycles. The predicted octanol–water partition coefficient (Wildman–Crippen LogP) is 3.57. The van der Waals surface area contributed by atoms with Crippen LogP contribution < -0.4 is 14.8 Å². The van der Waals surface area contributed by atoms with E-state index in [4.69, 9.17) is 9.47 Å². The quantitative estimate of drug-likeness (QED) is 0.848. The monoisotopic (exact) mass is 394 g/mol. The summed E-state index contributed by atoms with van der Waals surface area (Å²) in [4.78, 5) is 15.1. The van der Waals surface area contributed by atoms with Gasteiger partial charge in [-0.1, -0.05) is 13.0 Å². The minimum absolute atomic E-state index is 0. The normalized spacial score (nSPS) is 25.6. The number of hydrogen-bond acceptors (Lipinski definition) is 4. The zero-order valence-electron chi connectivity index (χ0n) is 16.1. The van der Waals surface area contributed by atoms with Crippen LogP contribution >= 0.6 is 12.4 Å². The van der Waals surface area contributed by atoms with Gasteiger partial charge in [0.2, 0.25) is 5.91 Å². The van der Waals surface area contributed by atoms with E-state index in [1.807, 2.05) is 6.07 Å². The SMILES string of the molecule is CC(CC(=O)N1CCCC1c1ccc2c(c1)OCCO2)C1CCCNC1.Cl. The Morgan fingerprint density at radius 2 is 2.04 bits per heavy atom. The smallest absolute Gasteiger partial charge is 0.223 e. The van der Waals surface area contributed by atoms with Gasteiger partial charge in [-0.3, -0.25) is 4.79 Å². The Bertz CT molecular complexity index is 648. The molecule has 150 valence electrons. The summed E-state index contributed by atoms with van der Waals surface area (Å²) in [6, 6.07) is 6.33. The molecule has 1 aromatic rings. The first-order valence-corrected chi connectivity index (χ1v) is 10.1. The number of amides is 1. The first kappa shape index (κ1) is 20.3. The Morgan fingerprint density at radius 3 is 2.81 bits per heavy atom. The van der Waals surface area contributed by atoms with Crippen molar-refractivity contribution in [3.63, 3.8) is 0 Å². The molecule has 0 radical (unpaired) electrons. The van der Waals surface area contributed by atoms with Crippen molar-refractivity contribution in [3.8, 4) is 11.5 Å². The lowest BCUT2D eigenvalue weighted by Gasteiger charge is -2.31. The summed E-state index contributed by atoms with van der Waals surface area (Å²) < 4.78 is 11.4. The first-order valence-electron chi connectivity index (χ1n) is 10.1. The highest BCUT2D eigenvalue weighted by Crippen LogP contribution is 2.38. The fourth-order valence-electron chi connectivity index (χ4n) is 4.60. The molecule has 3 aliphatic rings. The molecule has 6 heteroatoms. The number of benzene rings is 1. The highest BCUT2D eigenvalue weighted by molar-refractivity contribution is 5.85. The van der Waals surface area contributed by atoms with Gasteiger partial charge in [0.05, 0.1) is 6.04 Å². The molecule has 3 atom stereocenters. The molecule has 3 heterocycles. The molecule has 3 unspecified atom stereocenters. The average Bonchev–Trinajstić information content (AvgIpc) is 3.18. The van der Waals surface area contributed by atoms with Gasteiger partial charge in [-0.05, 0) is 68.3 Å². The summed E-state index contributed by atoms with van der Waals surface area (Å²) in [7, 11) is 0. The van der Waals surface area contributed by atoms with Gasteiger partial charge in [0, 0.05) is 13.0 Å². The number of piperidine rings is 1. The van der Waals surface area contributed by atoms with Crippen LogP contribution in [0.2, 0.25) is 0 Å². The fraction of sp³-hybridized carbons (Fsp3) is 0.667. The second-order valence-electron chi connectivity index (χ2n) is 7.94. The number of nitrogens with one attached hydrogen (secondary N) is 1. The molecule has 3 aliphatic heterocycles. The van der Waals surface area contributed by atoms with E-state index < -0.39 is 0 Å². The molecule has 2 fully saturated rings. The summed E-state index contributed by atoms with van der Waals surface area (Å²) in [5.74, 6) is 3.00. The molecular weight excluding hydrogens is 364 g/mol. The highest BCUT2D eigenvalue weighted by Gasteiger charge is 2.32. The molecular formula is C21H31ClN2O3. The molecule has 0 spiro atoms. The summed E-state index contributed by atoms with van der Waals surface area (Å²) >= 11 is 0. The third-order valence-corrected chi connectivity index (χ3v) is 6.16. The number of rotatable bonds is 4. The molecule has 4 rings (SSSR count). The molecule has 1 amide bonds. The van der Waals surface area contributed by atoms with E-state index in [-0.39, 0.29) is 18.4 Å². The number of nitrogens with zero attached hydrogens (tertiary/aromatic N) is 1. The van der Waals surface area contributed by atoms with E-state index in [1.54, 1.807) is 0 Å². The highest BCUT2D eigenvalue weighted by atomic mass is 35.5. The summed E-state index contributed by atoms with van der Waals surface area (Å²) in [6.45, 7) is 6.48. The zero-order valence-corrected chi connectivity index (χ0v) is 16.9. The molecule has 2 saturated heterocycles. The van der Waals surface area contributed by atoms with Crippen molar-refractivity contribution in [1.82, 2.24) is 10.2 Å². The predicted molar refractivity (Wildman–Crippen MR) is 108 cm³/mol. The largest absolute Gasteiger partial charge is 0.486 e. The maximum absolute atomic E-state index is 13.0. The minimum Gasteiger partial charge on any atom is -0.486 e. The Hall–Kier alpha value is -1.46. The Balaban J connectivity index is 0.00000210. The van der Waals surface area contributed by atoms with Crippen LogP contribution in [0.25, 0.3) is 0 Å². The molecule has 1 N–H and O–H groups in total. The number of halogens is 1. The van der Waals surface area contributed by atoms with Gasteiger partial charge in [0.1, 0.15) is 13.2 Å². The van der Waals surface area contributed by atoms with Gasteiger partial charge in [0.15, 0.2) is 11.5 Å². The number of fused-ring (bicyclic) bond motifs is 1. The number of ether oxygens (including phenoxy) is 2. The van der Waals surface area contributed by atoms with Gasteiger partial charge in [0.25, 0.3) is 0 Å². The van der Waals surface area contributed by atoms with Gasteiger partial charge in [-0.25, -0.2) is 0 Å². The standard InChI is InChI=1S/C21H30N2O3.ClH/c1-15(17-4-2-8-22-14-17)12-21(24)23-9-3-5-18(23)16-6-7-19-20(13-16)26-11-10-25-19;/h6-7,13,15,17-18,22H,2-5,8-12,14H2,1H3;1H. The van der Waals surface area contributed by atoms with Crippen LogP contribution in [0.5, 0.6) is 11.5 Å². The van der Waals surface area contributed by atoms with Gasteiger partial charge in [-0.15, -0.1) is 12.4 Å². The number of hydrogen-bond donors (Lipinski definition) is 1. The minimum atomic E-state index is 0. The average molecular weight is 395 g/mol. The van der Waals surface area contributed by atoms with Crippen molar-refractivity contribution in [2.45, 2.75) is 45.1 Å². The molecule has 27 heavy (non-hydrogen) atoms. The van der Waals surface area contributed by atoms with Gasteiger partial charge >= 0.3 is 0 Å². The van der Waals surface area contributed by atoms with Crippen LogP contribution in [0.15, 0.2) is 18.2 Å². The van der Waals surface area contributed by atoms with E-state index in [0.29, 0.717) is 37.4 Å². The van der Waals surface area contributed by atoms with Crippen LogP contribution in [-0.4, -0.2) is 43.7 Å². The van der Waals surface area contributed by atoms with Crippen molar-refractivity contribution in [1.29, 1.82) is 0 Å². The molecule has 1 aromatic carbocycles. The van der Waals surface area contributed by atoms with Gasteiger partial charge in [-0.2, -0.15) is 0 Å². The van der Waals surface area contributed by atoms with E-state index in [9.17, 15) is 4.79 Å². The lowest BCUT2D eigenvalue weighted by molar-refractivity contribution is -0.133. The molecule has 0 aliphatic carbocycles. The first-order chi connectivity index (χ1) is 12.7. The number of carbonyl (C=O) groups excluding carboxylic acids is 1. The van der Waals surface area contributed by atoms with Crippen molar-refractivity contribution < 1.29 is 14.3 Å². The Labute approximate surface area is 168 Å². The zero-order chi connectivity index (χ0) is 17.9. The summed E-state index contributed by atoms with van der Waals surface area (Å²) in [6.07, 6.45) is 5.24. The van der Waals surface area contributed by atoms with E-state index in [2.05, 4.69) is 29.3 Å². The van der Waals surface area contributed by atoms with Crippen LogP contribution in [0.1, 0.15) is 50.6 Å². The van der Waals surface area contributed by atoms with Crippen molar-refractivity contribution in [2.24, 2.45) is 11.8 Å². The molecule has 0 aromatic heterocycles. The topological polar surface area (TPSA) is 50.8 Å². The van der Waals surface area contributed by atoms with E-state index >= 15 is 0 Å². The van der Waals surface area contributed by atoms with Crippen molar-refractivity contribution >= 4 is 18.3 Å². The fourth-order valence-corrected chi connectivity index (χ4v) is 4.60. The summed E-state index contributed by atoms with van der Waals surface area (Å²) in [5, 5.41) is 3.47. The van der Waals surface area contributed by atoms with Crippen LogP contribution in [0.4, 0.5) is 0 Å². The second kappa shape index (κ2) is 9.16. The summed E-state index contributed by atoms with van der Waals surface area (Å²) in [5.41, 5.74) is 1.17. The van der Waals surface area contributed by atoms with Crippen LogP contribution in [-0.2, 0) is 4.79 Å². The van der Waals surface area contributed by atoms with E-state index in [0.717, 1.165) is 44.0 Å².